The van der Waals surface area contributed by atoms with Crippen molar-refractivity contribution >= 4 is 70.0 Å². The third kappa shape index (κ3) is 11.3. The smallest absolute Gasteiger partial charge is 0.339 e. The summed E-state index contributed by atoms with van der Waals surface area (Å²) in [5.74, 6) is -6.33. The minimum atomic E-state index is -1.06. The zero-order chi connectivity index (χ0) is 44.9. The van der Waals surface area contributed by atoms with Gasteiger partial charge in [-0.2, -0.15) is 0 Å². The molecule has 0 unspecified atom stereocenters. The lowest BCUT2D eigenvalue weighted by atomic mass is 9.95. The van der Waals surface area contributed by atoms with E-state index >= 15 is 0 Å². The predicted molar refractivity (Wildman–Crippen MR) is 229 cm³/mol. The molecule has 0 aliphatic rings. The highest BCUT2D eigenvalue weighted by atomic mass is 16.5. The van der Waals surface area contributed by atoms with Gasteiger partial charge < -0.3 is 30.7 Å². The van der Waals surface area contributed by atoms with Crippen LogP contribution in [0, 0.1) is 6.92 Å². The number of amides is 4. The first-order valence-corrected chi connectivity index (χ1v) is 18.6. The molecule has 0 fully saturated rings. The lowest BCUT2D eigenvalue weighted by Crippen LogP contribution is -2.23. The van der Waals surface area contributed by atoms with Gasteiger partial charge in [0.2, 0.25) is 0 Å². The number of esters is 2. The van der Waals surface area contributed by atoms with E-state index in [-0.39, 0.29) is 50.5 Å². The van der Waals surface area contributed by atoms with Crippen LogP contribution in [-0.2, 0) is 19.1 Å². The Labute approximate surface area is 354 Å². The molecular weight excluding hydrogens is 797 g/mol. The molecule has 62 heavy (non-hydrogen) atoms. The second-order valence-corrected chi connectivity index (χ2v) is 13.3. The van der Waals surface area contributed by atoms with Crippen LogP contribution in [0.4, 0.5) is 17.1 Å². The zero-order valence-corrected chi connectivity index (χ0v) is 33.4. The molecule has 4 N–H and O–H groups in total. The molecule has 0 saturated heterocycles. The lowest BCUT2D eigenvalue weighted by molar-refractivity contribution is -0.118. The maximum Gasteiger partial charge on any atom is 0.339 e. The highest BCUT2D eigenvalue weighted by Crippen LogP contribution is 2.23. The van der Waals surface area contributed by atoms with E-state index in [1.54, 1.807) is 36.4 Å². The van der Waals surface area contributed by atoms with Crippen molar-refractivity contribution in [2.45, 2.75) is 6.92 Å². The van der Waals surface area contributed by atoms with Crippen molar-refractivity contribution in [3.8, 4) is 0 Å². The summed E-state index contributed by atoms with van der Waals surface area (Å²) in [7, 11) is 1.30. The second-order valence-electron chi connectivity index (χ2n) is 13.3. The van der Waals surface area contributed by atoms with Gasteiger partial charge in [0, 0.05) is 46.4 Å². The molecule has 0 radical (unpaired) electrons. The number of rotatable bonds is 17. The SMILES string of the molecule is C=CC(=O)COC(=O)c1ccc(C(=O)c2ccc(C(=O)OCC(=O)C=C)c(C(=O)Nc3ccc(C(=O)Nc4ccc(NC(=O)c5ccc(C)cc5)cc4)cc3)c2)cc1C(=O)NC. The maximum atomic E-state index is 13.8. The summed E-state index contributed by atoms with van der Waals surface area (Å²) in [5.41, 5.74) is 1.62. The lowest BCUT2D eigenvalue weighted by Gasteiger charge is -2.13. The van der Waals surface area contributed by atoms with E-state index in [0.717, 1.165) is 35.9 Å². The summed E-state index contributed by atoms with van der Waals surface area (Å²) in [5, 5.41) is 10.6. The number of aryl methyl sites for hydroxylation is 1. The van der Waals surface area contributed by atoms with E-state index in [4.69, 9.17) is 9.47 Å². The van der Waals surface area contributed by atoms with E-state index in [1.165, 1.54) is 49.5 Å². The molecule has 0 saturated carbocycles. The zero-order valence-electron chi connectivity index (χ0n) is 33.4. The first-order valence-electron chi connectivity index (χ1n) is 18.6. The average Bonchev–Trinajstić information content (AvgIpc) is 3.29. The van der Waals surface area contributed by atoms with E-state index in [9.17, 15) is 43.2 Å². The molecule has 15 heteroatoms. The molecule has 0 spiro atoms. The largest absolute Gasteiger partial charge is 0.454 e. The average molecular weight is 835 g/mol. The van der Waals surface area contributed by atoms with Crippen LogP contribution in [0.15, 0.2) is 135 Å². The topological polar surface area (TPSA) is 220 Å². The fraction of sp³-hybridized carbons (Fsp3) is 0.0851. The molecule has 4 amide bonds. The summed E-state index contributed by atoms with van der Waals surface area (Å²) in [6, 6.07) is 26.4. The van der Waals surface area contributed by atoms with Crippen LogP contribution in [-0.4, -0.2) is 73.2 Å². The summed E-state index contributed by atoms with van der Waals surface area (Å²) in [6.45, 7) is 7.28. The second kappa shape index (κ2) is 20.4. The molecule has 0 atom stereocenters. The molecule has 15 nitrogen and oxygen atoms in total. The molecule has 0 aliphatic carbocycles. The van der Waals surface area contributed by atoms with Gasteiger partial charge in [0.15, 0.2) is 30.6 Å². The van der Waals surface area contributed by atoms with Crippen LogP contribution in [0.5, 0.6) is 0 Å². The fourth-order valence-corrected chi connectivity index (χ4v) is 5.60. The Morgan fingerprint density at radius 1 is 0.468 bits per heavy atom. The number of carbonyl (C=O) groups is 9. The van der Waals surface area contributed by atoms with Gasteiger partial charge in [0.05, 0.1) is 22.3 Å². The van der Waals surface area contributed by atoms with Crippen molar-refractivity contribution < 1.29 is 52.6 Å². The molecule has 0 heterocycles. The van der Waals surface area contributed by atoms with Crippen molar-refractivity contribution in [3.05, 3.63) is 185 Å². The molecule has 0 aromatic heterocycles. The van der Waals surface area contributed by atoms with Crippen molar-refractivity contribution in [2.75, 3.05) is 36.2 Å². The molecular formula is C47H38N4O11. The van der Waals surface area contributed by atoms with Crippen LogP contribution >= 0.6 is 0 Å². The number of carbonyl (C=O) groups excluding carboxylic acids is 9. The summed E-state index contributed by atoms with van der Waals surface area (Å²) >= 11 is 0. The number of hydrogen-bond donors (Lipinski definition) is 4. The summed E-state index contributed by atoms with van der Waals surface area (Å²) in [6.07, 6.45) is 1.92. The first-order chi connectivity index (χ1) is 29.7. The Morgan fingerprint density at radius 2 is 0.823 bits per heavy atom. The van der Waals surface area contributed by atoms with Crippen LogP contribution in [0.1, 0.15) is 83.6 Å². The van der Waals surface area contributed by atoms with E-state index in [0.29, 0.717) is 16.9 Å². The molecule has 5 rings (SSSR count). The standard InChI is InChI=1S/C47H38N4O11/c1-5-35(52)25-61-46(59)37-21-13-30(23-39(37)44(57)48-4)41(54)31-14-22-38(47(60)62-26-36(53)6-2)40(24-31)45(58)51-32-15-11-29(12-16-32)43(56)50-34-19-17-33(18-20-34)49-42(55)28-9-7-27(3)8-10-28/h5-24H,1-2,25-26H2,3-4H3,(H,48,57)(H,49,55)(H,50,56)(H,51,58). The Hall–Kier alpha value is -8.59. The molecule has 0 aliphatic heterocycles. The quantitative estimate of drug-likeness (QED) is 0.0472. The van der Waals surface area contributed by atoms with Crippen molar-refractivity contribution in [1.82, 2.24) is 5.32 Å². The third-order valence-corrected chi connectivity index (χ3v) is 8.99. The number of hydrogen-bond acceptors (Lipinski definition) is 11. The van der Waals surface area contributed by atoms with Crippen LogP contribution in [0.2, 0.25) is 0 Å². The minimum absolute atomic E-state index is 0.0877. The van der Waals surface area contributed by atoms with Gasteiger partial charge in [-0.1, -0.05) is 43.0 Å². The maximum absolute atomic E-state index is 13.8. The fourth-order valence-electron chi connectivity index (χ4n) is 5.60. The molecule has 0 bridgehead atoms. The van der Waals surface area contributed by atoms with E-state index < -0.39 is 60.2 Å². The number of anilines is 3. The van der Waals surface area contributed by atoms with Crippen LogP contribution in [0.3, 0.4) is 0 Å². The Morgan fingerprint density at radius 3 is 1.23 bits per heavy atom. The molecule has 5 aromatic carbocycles. The molecule has 312 valence electrons. The molecule has 5 aromatic rings. The van der Waals surface area contributed by atoms with Gasteiger partial charge in [0.25, 0.3) is 23.6 Å². The van der Waals surface area contributed by atoms with Crippen LogP contribution in [0.25, 0.3) is 0 Å². The monoisotopic (exact) mass is 834 g/mol. The number of ketones is 3. The van der Waals surface area contributed by atoms with E-state index in [2.05, 4.69) is 34.4 Å². The minimum Gasteiger partial charge on any atom is -0.454 e. The predicted octanol–water partition coefficient (Wildman–Crippen LogP) is 6.17. The Balaban J connectivity index is 1.33. The van der Waals surface area contributed by atoms with Crippen molar-refractivity contribution in [1.29, 1.82) is 0 Å². The van der Waals surface area contributed by atoms with Gasteiger partial charge in [0.1, 0.15) is 0 Å². The number of ether oxygens (including phenoxy) is 2. The van der Waals surface area contributed by atoms with Gasteiger partial charge in [-0.25, -0.2) is 9.59 Å². The van der Waals surface area contributed by atoms with Gasteiger partial charge in [-0.15, -0.1) is 0 Å². The van der Waals surface area contributed by atoms with Crippen molar-refractivity contribution in [3.63, 3.8) is 0 Å². The Kier molecular flexibility index (Phi) is 14.6. The summed E-state index contributed by atoms with van der Waals surface area (Å²) in [4.78, 5) is 115. The number of nitrogens with one attached hydrogen (secondary N) is 4. The van der Waals surface area contributed by atoms with Gasteiger partial charge >= 0.3 is 11.9 Å². The van der Waals surface area contributed by atoms with Gasteiger partial charge in [-0.05, 0) is 104 Å². The van der Waals surface area contributed by atoms with Crippen molar-refractivity contribution in [2.24, 2.45) is 0 Å². The van der Waals surface area contributed by atoms with Crippen LogP contribution < -0.4 is 21.3 Å². The normalized spacial score (nSPS) is 10.3. The highest BCUT2D eigenvalue weighted by molar-refractivity contribution is 6.16. The third-order valence-electron chi connectivity index (χ3n) is 8.99. The number of benzene rings is 5. The van der Waals surface area contributed by atoms with Gasteiger partial charge in [-0.3, -0.25) is 33.6 Å². The highest BCUT2D eigenvalue weighted by Gasteiger charge is 2.25. The summed E-state index contributed by atoms with van der Waals surface area (Å²) < 4.78 is 10.0. The first kappa shape index (κ1) is 44.5. The van der Waals surface area contributed by atoms with E-state index in [1.807, 2.05) is 19.1 Å². The Bertz CT molecular complexity index is 2630.